The zero-order valence-electron chi connectivity index (χ0n) is 15.0. The van der Waals surface area contributed by atoms with Crippen molar-refractivity contribution in [3.05, 3.63) is 35.4 Å². The second kappa shape index (κ2) is 9.41. The van der Waals surface area contributed by atoms with Gasteiger partial charge in [0.05, 0.1) is 19.8 Å². The van der Waals surface area contributed by atoms with Crippen molar-refractivity contribution in [1.82, 2.24) is 15.0 Å². The number of hydrogen-bond acceptors (Lipinski definition) is 9. The van der Waals surface area contributed by atoms with Gasteiger partial charge in [0.2, 0.25) is 0 Å². The maximum Gasteiger partial charge on any atom is 0.191 e. The highest BCUT2D eigenvalue weighted by molar-refractivity contribution is 7.98. The molecule has 0 aliphatic heterocycles. The molecule has 0 amide bonds. The molecule has 150 valence electrons. The van der Waals surface area contributed by atoms with Crippen molar-refractivity contribution >= 4 is 44.4 Å². The molecule has 0 saturated heterocycles. The summed E-state index contributed by atoms with van der Waals surface area (Å²) in [5.41, 5.74) is 6.47. The Labute approximate surface area is 168 Å². The van der Waals surface area contributed by atoms with Crippen molar-refractivity contribution in [3.8, 4) is 0 Å². The van der Waals surface area contributed by atoms with E-state index in [4.69, 9.17) is 15.6 Å². The van der Waals surface area contributed by atoms with Crippen molar-refractivity contribution in [1.29, 1.82) is 0 Å². The Morgan fingerprint density at radius 3 is 2.93 bits per heavy atom. The van der Waals surface area contributed by atoms with E-state index in [9.17, 15) is 8.78 Å². The standard InChI is InChI=1S/C17H19F2N5O2S2/c1-9(7-26-6-5-25)21-14-13-15(22-16(20)28-13)24-17(23-14)27-8-10-3-2-4-11(18)12(10)19/h2-4,9,25H,5-8H2,1H3,(H3,20,21,22,23,24). The summed E-state index contributed by atoms with van der Waals surface area (Å²) in [4.78, 5) is 13.0. The van der Waals surface area contributed by atoms with Crippen LogP contribution in [0, 0.1) is 11.6 Å². The van der Waals surface area contributed by atoms with Gasteiger partial charge in [-0.1, -0.05) is 35.2 Å². The number of nitrogen functional groups attached to an aromatic ring is 1. The van der Waals surface area contributed by atoms with Gasteiger partial charge < -0.3 is 20.9 Å². The van der Waals surface area contributed by atoms with E-state index in [2.05, 4.69) is 20.3 Å². The van der Waals surface area contributed by atoms with Crippen LogP contribution in [0.5, 0.6) is 0 Å². The Kier molecular flexibility index (Phi) is 6.94. The highest BCUT2D eigenvalue weighted by Crippen LogP contribution is 2.32. The second-order valence-electron chi connectivity index (χ2n) is 5.91. The number of rotatable bonds is 9. The molecular weight excluding hydrogens is 408 g/mol. The molecule has 2 aromatic heterocycles. The molecule has 28 heavy (non-hydrogen) atoms. The van der Waals surface area contributed by atoms with Gasteiger partial charge in [-0.15, -0.1) is 0 Å². The number of nitrogens with one attached hydrogen (secondary N) is 1. The van der Waals surface area contributed by atoms with E-state index < -0.39 is 11.6 Å². The van der Waals surface area contributed by atoms with Crippen molar-refractivity contribution < 1.29 is 18.6 Å². The lowest BCUT2D eigenvalue weighted by Gasteiger charge is -2.15. The van der Waals surface area contributed by atoms with Crippen LogP contribution >= 0.6 is 23.1 Å². The fourth-order valence-corrected chi connectivity index (χ4v) is 3.92. The summed E-state index contributed by atoms with van der Waals surface area (Å²) in [7, 11) is 0. The third-order valence-corrected chi connectivity index (χ3v) is 5.40. The number of hydrogen-bond donors (Lipinski definition) is 3. The van der Waals surface area contributed by atoms with E-state index in [-0.39, 0.29) is 30.6 Å². The number of benzene rings is 1. The Morgan fingerprint density at radius 2 is 2.14 bits per heavy atom. The lowest BCUT2D eigenvalue weighted by atomic mass is 10.2. The maximum atomic E-state index is 13.9. The molecule has 3 aromatic rings. The summed E-state index contributed by atoms with van der Waals surface area (Å²) < 4.78 is 33.3. The number of anilines is 2. The smallest absolute Gasteiger partial charge is 0.191 e. The molecule has 0 radical (unpaired) electrons. The number of thioether (sulfide) groups is 1. The number of nitrogens with two attached hydrogens (primary N) is 1. The topological polar surface area (TPSA) is 106 Å². The van der Waals surface area contributed by atoms with Crippen LogP contribution in [0.3, 0.4) is 0 Å². The number of thiazole rings is 1. The monoisotopic (exact) mass is 427 g/mol. The fourth-order valence-electron chi connectivity index (χ4n) is 2.38. The van der Waals surface area contributed by atoms with Crippen LogP contribution in [0.1, 0.15) is 12.5 Å². The maximum absolute atomic E-state index is 13.9. The summed E-state index contributed by atoms with van der Waals surface area (Å²) in [6.45, 7) is 2.48. The number of fused-ring (bicyclic) bond motifs is 1. The minimum Gasteiger partial charge on any atom is -0.394 e. The molecule has 0 spiro atoms. The molecule has 0 fully saturated rings. The van der Waals surface area contributed by atoms with Crippen molar-refractivity contribution in [2.75, 3.05) is 30.9 Å². The van der Waals surface area contributed by atoms with Gasteiger partial charge in [0.15, 0.2) is 33.4 Å². The quantitative estimate of drug-likeness (QED) is 0.272. The van der Waals surface area contributed by atoms with Gasteiger partial charge in [0.25, 0.3) is 0 Å². The molecule has 1 unspecified atom stereocenters. The first-order valence-corrected chi connectivity index (χ1v) is 10.2. The van der Waals surface area contributed by atoms with Crippen molar-refractivity contribution in [3.63, 3.8) is 0 Å². The average Bonchev–Trinajstić information content (AvgIpc) is 3.04. The number of halogens is 2. The summed E-state index contributed by atoms with van der Waals surface area (Å²) in [6, 6.07) is 3.96. The Bertz CT molecular complexity index is 957. The lowest BCUT2D eigenvalue weighted by Crippen LogP contribution is -2.23. The van der Waals surface area contributed by atoms with Crippen LogP contribution in [0.15, 0.2) is 23.4 Å². The average molecular weight is 428 g/mol. The number of ether oxygens (including phenoxy) is 1. The van der Waals surface area contributed by atoms with Crippen LogP contribution in [0.2, 0.25) is 0 Å². The van der Waals surface area contributed by atoms with Gasteiger partial charge in [-0.2, -0.15) is 0 Å². The highest BCUT2D eigenvalue weighted by atomic mass is 32.2. The summed E-state index contributed by atoms with van der Waals surface area (Å²) in [5.74, 6) is -1.05. The first-order valence-electron chi connectivity index (χ1n) is 8.42. The van der Waals surface area contributed by atoms with Crippen molar-refractivity contribution in [2.24, 2.45) is 0 Å². The summed E-state index contributed by atoms with van der Waals surface area (Å²) >= 11 is 2.43. The molecule has 4 N–H and O–H groups in total. The van der Waals surface area contributed by atoms with E-state index in [0.717, 1.165) is 6.07 Å². The summed E-state index contributed by atoms with van der Waals surface area (Å²) in [6.07, 6.45) is 0. The number of aliphatic hydroxyl groups excluding tert-OH is 1. The fraction of sp³-hybridized carbons (Fsp3) is 0.353. The molecule has 0 saturated carbocycles. The predicted molar refractivity (Wildman–Crippen MR) is 107 cm³/mol. The number of aromatic nitrogens is 3. The largest absolute Gasteiger partial charge is 0.394 e. The van der Waals surface area contributed by atoms with Crippen LogP contribution in [0.4, 0.5) is 19.7 Å². The van der Waals surface area contributed by atoms with E-state index in [1.807, 2.05) is 6.92 Å². The Hall–Kier alpha value is -2.08. The van der Waals surface area contributed by atoms with E-state index >= 15 is 0 Å². The number of nitrogens with zero attached hydrogens (tertiary/aromatic N) is 3. The van der Waals surface area contributed by atoms with Crippen LogP contribution in [0.25, 0.3) is 10.3 Å². The molecule has 1 aromatic carbocycles. The molecule has 0 aliphatic carbocycles. The summed E-state index contributed by atoms with van der Waals surface area (Å²) in [5, 5.41) is 12.7. The van der Waals surface area contributed by atoms with Gasteiger partial charge in [-0.05, 0) is 13.0 Å². The predicted octanol–water partition coefficient (Wildman–Crippen LogP) is 3.05. The highest BCUT2D eigenvalue weighted by Gasteiger charge is 2.16. The molecule has 3 rings (SSSR count). The third-order valence-electron chi connectivity index (χ3n) is 3.62. The van der Waals surface area contributed by atoms with E-state index in [0.29, 0.717) is 33.1 Å². The zero-order chi connectivity index (χ0) is 20.1. The Morgan fingerprint density at radius 1 is 1.32 bits per heavy atom. The van der Waals surface area contributed by atoms with Gasteiger partial charge >= 0.3 is 0 Å². The van der Waals surface area contributed by atoms with Crippen LogP contribution < -0.4 is 11.1 Å². The molecule has 7 nitrogen and oxygen atoms in total. The van der Waals surface area contributed by atoms with Crippen LogP contribution in [-0.2, 0) is 10.5 Å². The third kappa shape index (κ3) is 5.04. The lowest BCUT2D eigenvalue weighted by molar-refractivity contribution is 0.0884. The molecule has 0 aliphatic rings. The van der Waals surface area contributed by atoms with Gasteiger partial charge in [0, 0.05) is 17.4 Å². The minimum atomic E-state index is -0.888. The second-order valence-corrected chi connectivity index (χ2v) is 7.88. The van der Waals surface area contributed by atoms with E-state index in [1.165, 1.54) is 35.2 Å². The molecule has 11 heteroatoms. The normalized spacial score (nSPS) is 12.4. The number of aliphatic hydroxyl groups is 1. The van der Waals surface area contributed by atoms with Gasteiger partial charge in [-0.3, -0.25) is 0 Å². The van der Waals surface area contributed by atoms with Gasteiger partial charge in [-0.25, -0.2) is 23.7 Å². The van der Waals surface area contributed by atoms with Crippen LogP contribution in [-0.4, -0.2) is 45.9 Å². The minimum absolute atomic E-state index is 0.0483. The SMILES string of the molecule is CC(COCCO)Nc1nc(SCc2cccc(F)c2F)nc2nc(N)sc12. The molecular formula is C17H19F2N5O2S2. The zero-order valence-corrected chi connectivity index (χ0v) is 16.6. The van der Waals surface area contributed by atoms with Crippen molar-refractivity contribution in [2.45, 2.75) is 23.9 Å². The molecule has 0 bridgehead atoms. The molecule has 2 heterocycles. The van der Waals surface area contributed by atoms with E-state index in [1.54, 1.807) is 0 Å². The van der Waals surface area contributed by atoms with Gasteiger partial charge in [0.1, 0.15) is 4.70 Å². The Balaban J connectivity index is 1.80. The first-order chi connectivity index (χ1) is 13.5. The molecule has 1 atom stereocenters. The first kappa shape index (κ1) is 20.6.